The molecule has 0 unspecified atom stereocenters. The molecule has 5 rings (SSSR count). The number of aromatic nitrogens is 4. The maximum absolute atomic E-state index is 11.5. The maximum atomic E-state index is 11.5. The van der Waals surface area contributed by atoms with E-state index in [1.54, 1.807) is 24.4 Å². The highest BCUT2D eigenvalue weighted by Crippen LogP contribution is 2.27. The molecule has 0 atom stereocenters. The predicted molar refractivity (Wildman–Crippen MR) is 109 cm³/mol. The van der Waals surface area contributed by atoms with Crippen LogP contribution in [0, 0.1) is 0 Å². The van der Waals surface area contributed by atoms with Crippen molar-refractivity contribution < 1.29 is 4.79 Å². The summed E-state index contributed by atoms with van der Waals surface area (Å²) < 4.78 is 4.12. The average Bonchev–Trinajstić information content (AvgIpc) is 3.31. The number of hydrogen-bond acceptors (Lipinski definition) is 3. The normalized spacial score (nSPS) is 11.3. The largest absolute Gasteiger partial charge is 0.366 e. The fourth-order valence-corrected chi connectivity index (χ4v) is 3.52. The molecule has 5 aromatic rings. The second-order valence-electron chi connectivity index (χ2n) is 6.79. The molecule has 0 aliphatic heterocycles. The number of primary amides is 1. The first-order valence-electron chi connectivity index (χ1n) is 8.89. The van der Waals surface area contributed by atoms with E-state index in [1.165, 1.54) is 10.9 Å². The summed E-state index contributed by atoms with van der Waals surface area (Å²) in [6.07, 6.45) is 7.57. The zero-order valence-corrected chi connectivity index (χ0v) is 15.2. The van der Waals surface area contributed by atoms with E-state index >= 15 is 0 Å². The third kappa shape index (κ3) is 2.54. The van der Waals surface area contributed by atoms with Crippen molar-refractivity contribution >= 4 is 22.5 Å². The van der Waals surface area contributed by atoms with Crippen LogP contribution in [0.3, 0.4) is 0 Å². The molecule has 28 heavy (non-hydrogen) atoms. The summed E-state index contributed by atoms with van der Waals surface area (Å²) in [5, 5.41) is 1.18. The third-order valence-electron chi connectivity index (χ3n) is 5.02. The lowest BCUT2D eigenvalue weighted by molar-refractivity contribution is 0.100. The number of fused-ring (bicyclic) bond motifs is 2. The molecule has 0 radical (unpaired) electrons. The predicted octanol–water partition coefficient (Wildman–Crippen LogP) is 3.65. The van der Waals surface area contributed by atoms with Crippen molar-refractivity contribution in [1.29, 1.82) is 0 Å². The number of benzene rings is 2. The van der Waals surface area contributed by atoms with Gasteiger partial charge in [0.2, 0.25) is 5.91 Å². The van der Waals surface area contributed by atoms with Crippen molar-refractivity contribution in [3.8, 4) is 22.5 Å². The topological polar surface area (TPSA) is 78.2 Å². The third-order valence-corrected chi connectivity index (χ3v) is 5.02. The Kier molecular flexibility index (Phi) is 3.52. The maximum Gasteiger partial charge on any atom is 0.248 e. The van der Waals surface area contributed by atoms with E-state index in [9.17, 15) is 4.79 Å². The molecule has 0 spiro atoms. The van der Waals surface area contributed by atoms with Crippen LogP contribution in [0.5, 0.6) is 0 Å². The summed E-state index contributed by atoms with van der Waals surface area (Å²) in [6.45, 7) is 0. The van der Waals surface area contributed by atoms with Gasteiger partial charge in [0.15, 0.2) is 5.65 Å². The smallest absolute Gasteiger partial charge is 0.248 e. The zero-order valence-electron chi connectivity index (χ0n) is 15.2. The van der Waals surface area contributed by atoms with E-state index in [2.05, 4.69) is 45.0 Å². The van der Waals surface area contributed by atoms with E-state index in [4.69, 9.17) is 5.73 Å². The number of aryl methyl sites for hydroxylation is 1. The highest BCUT2D eigenvalue weighted by Gasteiger charge is 2.11. The molecule has 3 aromatic heterocycles. The van der Waals surface area contributed by atoms with Crippen LogP contribution < -0.4 is 5.73 Å². The molecule has 0 aliphatic carbocycles. The van der Waals surface area contributed by atoms with E-state index in [-0.39, 0.29) is 0 Å². The van der Waals surface area contributed by atoms with Crippen LogP contribution in [0.15, 0.2) is 73.3 Å². The Labute approximate surface area is 160 Å². The van der Waals surface area contributed by atoms with Gasteiger partial charge in [0.25, 0.3) is 0 Å². The summed E-state index contributed by atoms with van der Waals surface area (Å²) in [6, 6.07) is 15.6. The fraction of sp³-hybridized carbons (Fsp3) is 0.0455. The van der Waals surface area contributed by atoms with Crippen LogP contribution in [-0.4, -0.2) is 24.8 Å². The first-order chi connectivity index (χ1) is 13.6. The van der Waals surface area contributed by atoms with Gasteiger partial charge in [0, 0.05) is 47.0 Å². The minimum Gasteiger partial charge on any atom is -0.366 e. The van der Waals surface area contributed by atoms with Crippen molar-refractivity contribution in [2.75, 3.05) is 0 Å². The van der Waals surface area contributed by atoms with Gasteiger partial charge in [-0.3, -0.25) is 14.2 Å². The van der Waals surface area contributed by atoms with Crippen LogP contribution in [0.1, 0.15) is 10.4 Å². The molecule has 0 saturated heterocycles. The molecule has 3 heterocycles. The Morgan fingerprint density at radius 2 is 1.89 bits per heavy atom. The van der Waals surface area contributed by atoms with Gasteiger partial charge in [0.1, 0.15) is 0 Å². The van der Waals surface area contributed by atoms with Gasteiger partial charge in [-0.25, -0.2) is 4.98 Å². The summed E-state index contributed by atoms with van der Waals surface area (Å²) in [5.41, 5.74) is 11.4. The van der Waals surface area contributed by atoms with Gasteiger partial charge in [-0.15, -0.1) is 0 Å². The number of amides is 1. The molecule has 0 aliphatic rings. The number of rotatable bonds is 3. The number of hydrogen-bond donors (Lipinski definition) is 1. The summed E-state index contributed by atoms with van der Waals surface area (Å²) >= 11 is 0. The number of imidazole rings is 1. The van der Waals surface area contributed by atoms with Crippen LogP contribution in [-0.2, 0) is 7.05 Å². The monoisotopic (exact) mass is 367 g/mol. The van der Waals surface area contributed by atoms with E-state index < -0.39 is 5.91 Å². The Hall–Kier alpha value is -3.93. The Morgan fingerprint density at radius 1 is 1.00 bits per heavy atom. The van der Waals surface area contributed by atoms with Gasteiger partial charge >= 0.3 is 0 Å². The number of nitrogens with zero attached hydrogens (tertiary/aromatic N) is 4. The lowest BCUT2D eigenvalue weighted by Gasteiger charge is -2.07. The Morgan fingerprint density at radius 3 is 2.75 bits per heavy atom. The quantitative estimate of drug-likeness (QED) is 0.529. The summed E-state index contributed by atoms with van der Waals surface area (Å²) in [7, 11) is 2.04. The van der Waals surface area contributed by atoms with Gasteiger partial charge in [-0.1, -0.05) is 18.2 Å². The van der Waals surface area contributed by atoms with E-state index in [0.29, 0.717) is 5.56 Å². The van der Waals surface area contributed by atoms with Gasteiger partial charge < -0.3 is 10.3 Å². The molecule has 2 N–H and O–H groups in total. The second kappa shape index (κ2) is 6.06. The summed E-state index contributed by atoms with van der Waals surface area (Å²) in [4.78, 5) is 20.5. The minimum atomic E-state index is -0.456. The molecule has 0 bridgehead atoms. The zero-order chi connectivity index (χ0) is 19.3. The highest BCUT2D eigenvalue weighted by atomic mass is 16.1. The van der Waals surface area contributed by atoms with Gasteiger partial charge in [-0.05, 0) is 30.3 Å². The van der Waals surface area contributed by atoms with Crippen molar-refractivity contribution in [2.24, 2.45) is 12.8 Å². The lowest BCUT2D eigenvalue weighted by atomic mass is 10.1. The minimum absolute atomic E-state index is 0.456. The van der Waals surface area contributed by atoms with Crippen LogP contribution in [0.25, 0.3) is 39.1 Å². The summed E-state index contributed by atoms with van der Waals surface area (Å²) in [5.74, 6) is -0.456. The van der Waals surface area contributed by atoms with E-state index in [1.807, 2.05) is 29.9 Å². The fourth-order valence-electron chi connectivity index (χ4n) is 3.52. The van der Waals surface area contributed by atoms with Crippen molar-refractivity contribution in [2.45, 2.75) is 0 Å². The molecular formula is C22H17N5O. The standard InChI is InChI=1S/C22H17N5O/c1-26-8-7-16-10-15(5-6-19(16)26)20-11-25-21-12-24-18(13-27(20)21)14-3-2-4-17(9-14)22(23)28/h2-13H,1H3,(H2,23,28). The molecule has 2 aromatic carbocycles. The van der Waals surface area contributed by atoms with Crippen LogP contribution in [0.4, 0.5) is 0 Å². The van der Waals surface area contributed by atoms with Crippen molar-refractivity contribution in [1.82, 2.24) is 18.9 Å². The number of carbonyl (C=O) groups excluding carboxylic acids is 1. The Bertz CT molecular complexity index is 1360. The van der Waals surface area contributed by atoms with Crippen molar-refractivity contribution in [3.05, 3.63) is 78.9 Å². The molecule has 1 amide bonds. The van der Waals surface area contributed by atoms with Gasteiger partial charge in [0.05, 0.1) is 23.8 Å². The molecule has 6 nitrogen and oxygen atoms in total. The second-order valence-corrected chi connectivity index (χ2v) is 6.79. The first kappa shape index (κ1) is 16.3. The first-order valence-corrected chi connectivity index (χ1v) is 8.89. The molecular weight excluding hydrogens is 350 g/mol. The lowest BCUT2D eigenvalue weighted by Crippen LogP contribution is -2.10. The van der Waals surface area contributed by atoms with E-state index in [0.717, 1.165) is 28.2 Å². The van der Waals surface area contributed by atoms with Crippen LogP contribution >= 0.6 is 0 Å². The van der Waals surface area contributed by atoms with Gasteiger partial charge in [-0.2, -0.15) is 0 Å². The average molecular weight is 367 g/mol. The molecule has 0 saturated carbocycles. The molecule has 136 valence electrons. The molecule has 6 heteroatoms. The SMILES string of the molecule is Cn1ccc2cc(-c3cnc4cnc(-c5cccc(C(N)=O)c5)cn34)ccc21. The van der Waals surface area contributed by atoms with Crippen molar-refractivity contribution in [3.63, 3.8) is 0 Å². The highest BCUT2D eigenvalue weighted by molar-refractivity contribution is 5.94. The number of nitrogens with two attached hydrogens (primary N) is 1. The Balaban J connectivity index is 1.65. The molecule has 0 fully saturated rings. The number of carbonyl (C=O) groups is 1. The van der Waals surface area contributed by atoms with Crippen LogP contribution in [0.2, 0.25) is 0 Å².